The number of anilines is 2. The van der Waals surface area contributed by atoms with Gasteiger partial charge in [0.05, 0.1) is 55.2 Å². The summed E-state index contributed by atoms with van der Waals surface area (Å²) in [6, 6.07) is 46.3. The van der Waals surface area contributed by atoms with Crippen LogP contribution in [0.15, 0.2) is 253 Å². The lowest BCUT2D eigenvalue weighted by atomic mass is 9.80. The number of benzene rings is 13. The summed E-state index contributed by atoms with van der Waals surface area (Å²) in [5, 5.41) is 14.6. The number of carbonyl (C=O) groups is 10. The van der Waals surface area contributed by atoms with Crippen LogP contribution < -0.4 is 50.8 Å². The molecule has 22 nitrogen and oxygen atoms in total. The van der Waals surface area contributed by atoms with Crippen molar-refractivity contribution in [3.8, 4) is 46.0 Å². The second-order valence-electron chi connectivity index (χ2n) is 30.0. The molecule has 0 saturated carbocycles. The lowest BCUT2D eigenvalue weighted by molar-refractivity contribution is -0.151. The molecule has 0 aromatic heterocycles. The van der Waals surface area contributed by atoms with Gasteiger partial charge in [0, 0.05) is 91.4 Å². The van der Waals surface area contributed by atoms with Gasteiger partial charge >= 0.3 is 12.4 Å². The van der Waals surface area contributed by atoms with E-state index in [1.807, 2.05) is 0 Å². The summed E-state index contributed by atoms with van der Waals surface area (Å²) in [5.74, 6) is -13.2. The quantitative estimate of drug-likeness (QED) is 0.00752. The van der Waals surface area contributed by atoms with Gasteiger partial charge in [-0.15, -0.1) is 0 Å². The number of imide groups is 2. The maximum absolute atomic E-state index is 16.5. The Hall–Kier alpha value is -14.3. The third-order valence-electron chi connectivity index (χ3n) is 21.5. The van der Waals surface area contributed by atoms with Crippen molar-refractivity contribution < 1.29 is 93.2 Å². The topological polar surface area (TPSA) is 286 Å². The molecule has 0 radical (unpaired) electrons. The molecule has 6 N–H and O–H groups in total. The van der Waals surface area contributed by atoms with Crippen LogP contribution in [0.4, 0.5) is 37.7 Å². The van der Waals surface area contributed by atoms with E-state index in [9.17, 15) is 19.2 Å². The second kappa shape index (κ2) is 36.7. The first-order chi connectivity index (χ1) is 61.1. The first-order valence-electron chi connectivity index (χ1n) is 39.6. The summed E-state index contributed by atoms with van der Waals surface area (Å²) in [4.78, 5) is 147. The number of nitrogens with one attached hydrogen (secondary N) is 6. The van der Waals surface area contributed by atoms with E-state index in [4.69, 9.17) is 65.4 Å². The van der Waals surface area contributed by atoms with E-state index in [1.165, 1.54) is 72.8 Å². The Balaban J connectivity index is 1.05. The Labute approximate surface area is 744 Å². The Morgan fingerprint density at radius 1 is 0.328 bits per heavy atom. The molecule has 0 bridgehead atoms. The number of hydrogen-bond acceptors (Lipinski definition) is 14. The average molecular weight is 1820 g/mol. The molecular formula is C96H70Cl4F6N8O14. The number of hydrogen-bond donors (Lipinski definition) is 6. The van der Waals surface area contributed by atoms with Crippen LogP contribution in [-0.4, -0.2) is 119 Å². The number of rotatable bonds is 32. The van der Waals surface area contributed by atoms with Crippen LogP contribution in [0.3, 0.4) is 0 Å². The highest BCUT2D eigenvalue weighted by atomic mass is 35.5. The first kappa shape index (κ1) is 88.5. The third-order valence-corrected chi connectivity index (χ3v) is 22.2. The zero-order valence-electron chi connectivity index (χ0n) is 67.1. The molecule has 13 aromatic rings. The number of fused-ring (bicyclic) bond motifs is 4. The second-order valence-corrected chi connectivity index (χ2v) is 31.8. The van der Waals surface area contributed by atoms with Crippen molar-refractivity contribution in [2.45, 2.75) is 63.0 Å². The Morgan fingerprint density at radius 2 is 0.570 bits per heavy atom. The maximum Gasteiger partial charge on any atom is 0.391 e. The van der Waals surface area contributed by atoms with Gasteiger partial charge in [0.1, 0.15) is 58.1 Å². The van der Waals surface area contributed by atoms with Gasteiger partial charge in [-0.2, -0.15) is 26.3 Å². The summed E-state index contributed by atoms with van der Waals surface area (Å²) in [6.07, 6.45) is -14.0. The average Bonchev–Trinajstić information content (AvgIpc) is 0.668. The summed E-state index contributed by atoms with van der Waals surface area (Å²) in [7, 11) is 0. The van der Waals surface area contributed by atoms with E-state index < -0.39 is 142 Å². The van der Waals surface area contributed by atoms with Gasteiger partial charge in [-0.25, -0.2) is 0 Å². The molecule has 0 saturated heterocycles. The number of ether oxygens (including phenoxy) is 4. The van der Waals surface area contributed by atoms with Crippen molar-refractivity contribution in [1.29, 1.82) is 0 Å². The van der Waals surface area contributed by atoms with Gasteiger partial charge in [0.2, 0.25) is 11.8 Å². The van der Waals surface area contributed by atoms with Crippen LogP contribution in [0.25, 0.3) is 64.6 Å². The fourth-order valence-electron chi connectivity index (χ4n) is 15.6. The number of nitrogens with zero attached hydrogens (tertiary/aromatic N) is 2. The summed E-state index contributed by atoms with van der Waals surface area (Å²) in [5.41, 5.74) is 0.110. The van der Waals surface area contributed by atoms with Crippen LogP contribution >= 0.6 is 46.4 Å². The van der Waals surface area contributed by atoms with E-state index >= 15 is 55.1 Å². The van der Waals surface area contributed by atoms with Gasteiger partial charge < -0.3 is 50.8 Å². The standard InChI is InChI=1S/C96H70Cl4F6N8O14/c1-49(97)85(115)107-39-35-53-19-27-59(28-20-53)125-73-43-65-77-66(92(122)113(91(65)121)71(47-95(101,102)103)89(119)111-69-17-9-13-57-11-5-7-15-63(57)69)45-75(127-61-31-23-55(24-32-61)37-41-109-87(117)51(3)99)81-82-76(128-62-33-25-56(26-34-62)38-42-110-88(118)52(4)100)46-68-78-67(44-74(80(84(78)82)79(73)83(77)81)126-60-29-21-54(22-30-60)36-40-108-86(116)50(2)98)93(123)114(94(68)124)72(48-96(104,105)106)90(120)112-70-18-10-14-58-12-6-8-16-64(58)70/h5-34,43-46,71-72H,1-4,35-42,47-48H2,(H,107,115)(H,108,116)(H,109,117)(H,110,118)(H,111,119)(H,112,120). The number of halogens is 10. The van der Waals surface area contributed by atoms with E-state index in [1.54, 1.807) is 109 Å². The summed E-state index contributed by atoms with van der Waals surface area (Å²) in [6.45, 7) is 14.1. The maximum atomic E-state index is 16.5. The Kier molecular flexibility index (Phi) is 25.4. The van der Waals surface area contributed by atoms with Crippen molar-refractivity contribution >= 4 is 181 Å². The molecule has 0 spiro atoms. The van der Waals surface area contributed by atoms with Crippen LogP contribution in [-0.2, 0) is 54.5 Å². The molecule has 15 rings (SSSR count). The summed E-state index contributed by atoms with van der Waals surface area (Å²) < 4.78 is 123. The van der Waals surface area contributed by atoms with Crippen molar-refractivity contribution in [3.05, 3.63) is 297 Å². The minimum atomic E-state index is -5.30. The molecule has 0 aliphatic carbocycles. The van der Waals surface area contributed by atoms with Crippen LogP contribution in [0.2, 0.25) is 0 Å². The predicted molar refractivity (Wildman–Crippen MR) is 476 cm³/mol. The highest BCUT2D eigenvalue weighted by Crippen LogP contribution is 2.59. The Morgan fingerprint density at radius 3 is 0.812 bits per heavy atom. The predicted octanol–water partition coefficient (Wildman–Crippen LogP) is 20.0. The zero-order valence-corrected chi connectivity index (χ0v) is 70.1. The SMILES string of the molecule is C=C(Cl)C(=O)NCCc1ccc(Oc2cc3c4c(cc(Oc5ccc(CCNC(=O)C(=C)Cl)cc5)c5c6c(Oc7ccc(CCNC(=O)C(=C)Cl)cc7)cc7c8c(cc(Oc9ccc(CCNC(=O)C(=C)Cl)cc9)c(c2c45)c86)C(=O)N(C(CC(F)(F)F)C(=O)Nc2cccc4ccccc24)C7=O)C(=O)N(C(CC(F)(F)F)C(=O)Nc2cccc4ccccc24)C3=O)cc1. The molecule has 10 amide bonds. The normalized spacial score (nSPS) is 13.0. The molecule has 128 heavy (non-hydrogen) atoms. The fourth-order valence-corrected chi connectivity index (χ4v) is 15.9. The van der Waals surface area contributed by atoms with Gasteiger partial charge in [-0.3, -0.25) is 57.7 Å². The fraction of sp³-hybridized carbons (Fsp3) is 0.146. The minimum absolute atomic E-state index is 0.0118. The molecular weight excluding hydrogens is 1740 g/mol. The molecule has 32 heteroatoms. The molecule has 2 aliphatic heterocycles. The smallest absolute Gasteiger partial charge is 0.391 e. The van der Waals surface area contributed by atoms with Crippen molar-refractivity contribution in [2.75, 3.05) is 36.8 Å². The molecule has 2 atom stereocenters. The van der Waals surface area contributed by atoms with Crippen molar-refractivity contribution in [3.63, 3.8) is 0 Å². The molecule has 2 aliphatic rings. The number of alkyl halides is 6. The summed E-state index contributed by atoms with van der Waals surface area (Å²) >= 11 is 23.5. The minimum Gasteiger partial charge on any atom is -0.457 e. The molecule has 2 unspecified atom stereocenters. The van der Waals surface area contributed by atoms with E-state index in [2.05, 4.69) is 58.2 Å². The van der Waals surface area contributed by atoms with Crippen LogP contribution in [0, 0.1) is 0 Å². The van der Waals surface area contributed by atoms with E-state index in [0.717, 1.165) is 24.3 Å². The van der Waals surface area contributed by atoms with Crippen LogP contribution in [0.1, 0.15) is 76.5 Å². The van der Waals surface area contributed by atoms with Gasteiger partial charge in [0.15, 0.2) is 0 Å². The van der Waals surface area contributed by atoms with Crippen LogP contribution in [0.5, 0.6) is 46.0 Å². The monoisotopic (exact) mass is 1810 g/mol. The molecule has 13 aromatic carbocycles. The first-order valence-corrected chi connectivity index (χ1v) is 41.1. The van der Waals surface area contributed by atoms with Gasteiger partial charge in [-0.1, -0.05) is 194 Å². The van der Waals surface area contributed by atoms with Crippen molar-refractivity contribution in [2.24, 2.45) is 0 Å². The van der Waals surface area contributed by atoms with Gasteiger partial charge in [-0.05, 0) is 144 Å². The van der Waals surface area contributed by atoms with Gasteiger partial charge in [0.25, 0.3) is 47.3 Å². The number of carbonyl (C=O) groups excluding carboxylic acids is 10. The molecule has 2 heterocycles. The third kappa shape index (κ3) is 18.8. The number of amides is 10. The highest BCUT2D eigenvalue weighted by Gasteiger charge is 2.50. The molecule has 648 valence electrons. The van der Waals surface area contributed by atoms with E-state index in [-0.39, 0.29) is 159 Å². The Bertz CT molecular complexity index is 6130. The van der Waals surface area contributed by atoms with Crippen molar-refractivity contribution in [1.82, 2.24) is 31.1 Å². The highest BCUT2D eigenvalue weighted by molar-refractivity contribution is 6.46. The molecule has 0 fully saturated rings. The zero-order chi connectivity index (χ0) is 90.9. The largest absolute Gasteiger partial charge is 0.457 e. The lowest BCUT2D eigenvalue weighted by Crippen LogP contribution is -2.53. The lowest BCUT2D eigenvalue weighted by Gasteiger charge is -2.36. The van der Waals surface area contributed by atoms with E-state index in [0.29, 0.717) is 43.8 Å².